The third kappa shape index (κ3) is 3.46. The second-order valence-corrected chi connectivity index (χ2v) is 4.78. The Hall–Kier alpha value is -1.54. The number of benzene rings is 2. The van der Waals surface area contributed by atoms with E-state index in [1.807, 2.05) is 30.5 Å². The van der Waals surface area contributed by atoms with Crippen molar-refractivity contribution in [1.82, 2.24) is 4.98 Å². The Morgan fingerprint density at radius 3 is 2.35 bits per heavy atom. The van der Waals surface area contributed by atoms with Gasteiger partial charge >= 0.3 is 0 Å². The fraction of sp³-hybridized carbons (Fsp3) is 0.0667. The van der Waals surface area contributed by atoms with Gasteiger partial charge < -0.3 is 4.98 Å². The van der Waals surface area contributed by atoms with Gasteiger partial charge in [0.25, 0.3) is 0 Å². The van der Waals surface area contributed by atoms with E-state index in [4.69, 9.17) is 0 Å². The fourth-order valence-electron chi connectivity index (χ4n) is 1.56. The number of aromatic amines is 1. The number of nitrogens with one attached hydrogen (secondary N) is 1. The van der Waals surface area contributed by atoms with Gasteiger partial charge in [0.15, 0.2) is 0 Å². The zero-order chi connectivity index (χ0) is 12.1. The van der Waals surface area contributed by atoms with Crippen molar-refractivity contribution in [3.05, 3.63) is 70.8 Å². The number of H-pyrrole nitrogens is 1. The minimum absolute atomic E-state index is 1.12. The second-order valence-electron chi connectivity index (χ2n) is 3.86. The molecule has 0 unspecified atom stereocenters. The van der Waals surface area contributed by atoms with Crippen LogP contribution in [-0.2, 0) is 0 Å². The van der Waals surface area contributed by atoms with Crippen LogP contribution >= 0.6 is 15.9 Å². The first kappa shape index (κ1) is 11.9. The van der Waals surface area contributed by atoms with E-state index in [1.165, 1.54) is 16.5 Å². The molecule has 0 atom stereocenters. The molecule has 1 N–H and O–H groups in total. The third-order valence-electron chi connectivity index (χ3n) is 2.46. The molecule has 0 bridgehead atoms. The number of hydrogen-bond donors (Lipinski definition) is 1. The van der Waals surface area contributed by atoms with E-state index in [0.29, 0.717) is 0 Å². The molecule has 17 heavy (non-hydrogen) atoms. The van der Waals surface area contributed by atoms with Crippen LogP contribution in [-0.4, -0.2) is 4.98 Å². The van der Waals surface area contributed by atoms with Crippen molar-refractivity contribution in [2.45, 2.75) is 6.92 Å². The van der Waals surface area contributed by atoms with E-state index < -0.39 is 0 Å². The van der Waals surface area contributed by atoms with Crippen LogP contribution in [0.2, 0.25) is 0 Å². The Morgan fingerprint density at radius 2 is 1.71 bits per heavy atom. The predicted octanol–water partition coefficient (Wildman–Crippen LogP) is 4.93. The Labute approximate surface area is 110 Å². The van der Waals surface area contributed by atoms with Crippen molar-refractivity contribution in [2.75, 3.05) is 0 Å². The minimum atomic E-state index is 1.12. The van der Waals surface area contributed by atoms with Crippen molar-refractivity contribution in [3.8, 4) is 0 Å². The highest BCUT2D eigenvalue weighted by molar-refractivity contribution is 9.10. The summed E-state index contributed by atoms with van der Waals surface area (Å²) in [6.45, 7) is 2.08. The molecule has 0 aliphatic carbocycles. The summed E-state index contributed by atoms with van der Waals surface area (Å²) >= 11 is 3.40. The Bertz CT molecular complexity index is 584. The molecule has 0 spiro atoms. The predicted molar refractivity (Wildman–Crippen MR) is 77.2 cm³/mol. The highest BCUT2D eigenvalue weighted by Gasteiger charge is 1.92. The van der Waals surface area contributed by atoms with Crippen molar-refractivity contribution < 1.29 is 0 Å². The number of fused-ring (bicyclic) bond motifs is 1. The smallest absolute Gasteiger partial charge is 0.0454 e. The number of aromatic nitrogens is 1. The van der Waals surface area contributed by atoms with Crippen LogP contribution in [0.3, 0.4) is 0 Å². The van der Waals surface area contributed by atoms with Gasteiger partial charge in [-0.1, -0.05) is 51.8 Å². The van der Waals surface area contributed by atoms with Gasteiger partial charge in [0.1, 0.15) is 0 Å². The molecule has 0 amide bonds. The molecule has 2 heteroatoms. The molecular formula is C15H14BrN. The zero-order valence-electron chi connectivity index (χ0n) is 9.65. The lowest BCUT2D eigenvalue weighted by Gasteiger charge is -1.88. The van der Waals surface area contributed by atoms with Crippen LogP contribution in [0.15, 0.2) is 65.3 Å². The van der Waals surface area contributed by atoms with E-state index >= 15 is 0 Å². The topological polar surface area (TPSA) is 15.8 Å². The average molecular weight is 288 g/mol. The van der Waals surface area contributed by atoms with Crippen LogP contribution in [0.25, 0.3) is 10.9 Å². The lowest BCUT2D eigenvalue weighted by atomic mass is 10.2. The first-order valence-electron chi connectivity index (χ1n) is 5.50. The molecule has 0 saturated heterocycles. The lowest BCUT2D eigenvalue weighted by Crippen LogP contribution is -1.65. The molecule has 0 aliphatic rings. The quantitative estimate of drug-likeness (QED) is 0.604. The third-order valence-corrected chi connectivity index (χ3v) is 2.95. The summed E-state index contributed by atoms with van der Waals surface area (Å²) in [6.07, 6.45) is 1.94. The average Bonchev–Trinajstić information content (AvgIpc) is 2.78. The van der Waals surface area contributed by atoms with Crippen molar-refractivity contribution in [2.24, 2.45) is 0 Å². The maximum Gasteiger partial charge on any atom is 0.0454 e. The van der Waals surface area contributed by atoms with Crippen LogP contribution in [0.4, 0.5) is 0 Å². The second kappa shape index (κ2) is 5.69. The minimum Gasteiger partial charge on any atom is -0.361 e. The largest absolute Gasteiger partial charge is 0.361 e. The van der Waals surface area contributed by atoms with Gasteiger partial charge in [0.2, 0.25) is 0 Å². The fourth-order valence-corrected chi connectivity index (χ4v) is 1.94. The first-order valence-corrected chi connectivity index (χ1v) is 6.29. The molecule has 3 aromatic rings. The first-order chi connectivity index (χ1) is 8.25. The molecule has 1 heterocycles. The molecule has 1 aromatic heterocycles. The van der Waals surface area contributed by atoms with Crippen LogP contribution in [0.1, 0.15) is 5.56 Å². The van der Waals surface area contributed by atoms with Gasteiger partial charge in [-0.05, 0) is 31.2 Å². The number of halogens is 1. The van der Waals surface area contributed by atoms with Crippen molar-refractivity contribution in [3.63, 3.8) is 0 Å². The Morgan fingerprint density at radius 1 is 0.941 bits per heavy atom. The van der Waals surface area contributed by atoms with Gasteiger partial charge in [-0.2, -0.15) is 0 Å². The van der Waals surface area contributed by atoms with E-state index in [-0.39, 0.29) is 0 Å². The molecule has 0 saturated carbocycles. The Balaban J connectivity index is 0.000000136. The highest BCUT2D eigenvalue weighted by atomic mass is 79.9. The number of hydrogen-bond acceptors (Lipinski definition) is 0. The molecule has 86 valence electrons. The number of rotatable bonds is 0. The molecule has 0 fully saturated rings. The lowest BCUT2D eigenvalue weighted by molar-refractivity contribution is 1.48. The standard InChI is InChI=1S/C8H6BrN.C7H8/c9-7-1-2-8-6(5-7)3-4-10-8;1-7-5-3-2-4-6-7/h1-5,10H;2-6H,1H3. The highest BCUT2D eigenvalue weighted by Crippen LogP contribution is 2.17. The maximum absolute atomic E-state index is 3.40. The van der Waals surface area contributed by atoms with E-state index in [2.05, 4.69) is 58.2 Å². The SMILES string of the molecule is Brc1ccc2[nH]ccc2c1.Cc1ccccc1. The summed E-state index contributed by atoms with van der Waals surface area (Å²) in [7, 11) is 0. The van der Waals surface area contributed by atoms with Crippen LogP contribution in [0.5, 0.6) is 0 Å². The van der Waals surface area contributed by atoms with Gasteiger partial charge in [0.05, 0.1) is 0 Å². The summed E-state index contributed by atoms with van der Waals surface area (Å²) in [6, 6.07) is 18.5. The maximum atomic E-state index is 3.40. The van der Waals surface area contributed by atoms with E-state index in [1.54, 1.807) is 0 Å². The molecular weight excluding hydrogens is 274 g/mol. The summed E-state index contributed by atoms with van der Waals surface area (Å²) in [5.41, 5.74) is 2.51. The monoisotopic (exact) mass is 287 g/mol. The molecule has 1 nitrogen and oxygen atoms in total. The molecule has 0 aliphatic heterocycles. The van der Waals surface area contributed by atoms with Gasteiger partial charge in [-0.15, -0.1) is 0 Å². The number of aryl methyl sites for hydroxylation is 1. The van der Waals surface area contributed by atoms with Crippen LogP contribution < -0.4 is 0 Å². The summed E-state index contributed by atoms with van der Waals surface area (Å²) in [5.74, 6) is 0. The van der Waals surface area contributed by atoms with Gasteiger partial charge in [-0.3, -0.25) is 0 Å². The normalized spacial score (nSPS) is 9.76. The molecule has 2 aromatic carbocycles. The van der Waals surface area contributed by atoms with Gasteiger partial charge in [0, 0.05) is 21.6 Å². The van der Waals surface area contributed by atoms with E-state index in [0.717, 1.165) is 4.47 Å². The van der Waals surface area contributed by atoms with Crippen molar-refractivity contribution in [1.29, 1.82) is 0 Å². The zero-order valence-corrected chi connectivity index (χ0v) is 11.2. The summed E-state index contributed by atoms with van der Waals surface area (Å²) in [4.78, 5) is 3.13. The van der Waals surface area contributed by atoms with Crippen molar-refractivity contribution >= 4 is 26.8 Å². The van der Waals surface area contributed by atoms with E-state index in [9.17, 15) is 0 Å². The molecule has 0 radical (unpaired) electrons. The summed E-state index contributed by atoms with van der Waals surface area (Å²) in [5, 5.41) is 1.24. The van der Waals surface area contributed by atoms with Gasteiger partial charge in [-0.25, -0.2) is 0 Å². The Kier molecular flexibility index (Phi) is 3.99. The summed E-state index contributed by atoms with van der Waals surface area (Å²) < 4.78 is 1.12. The van der Waals surface area contributed by atoms with Crippen LogP contribution in [0, 0.1) is 6.92 Å². The molecule has 3 rings (SSSR count).